The number of hydrogen-bond acceptors (Lipinski definition) is 2. The lowest BCUT2D eigenvalue weighted by atomic mass is 10.0. The zero-order valence-corrected chi connectivity index (χ0v) is 10.5. The fourth-order valence-electron chi connectivity index (χ4n) is 2.31. The van der Waals surface area contributed by atoms with E-state index in [4.69, 9.17) is 17.3 Å². The van der Waals surface area contributed by atoms with Crippen molar-refractivity contribution in [2.75, 3.05) is 18.0 Å². The van der Waals surface area contributed by atoms with Gasteiger partial charge < -0.3 is 10.6 Å². The number of halogens is 1. The highest BCUT2D eigenvalue weighted by Gasteiger charge is 2.16. The van der Waals surface area contributed by atoms with Crippen LogP contribution in [-0.4, -0.2) is 13.1 Å². The van der Waals surface area contributed by atoms with Crippen molar-refractivity contribution < 1.29 is 0 Å². The van der Waals surface area contributed by atoms with Crippen LogP contribution in [0.5, 0.6) is 0 Å². The minimum Gasteiger partial charge on any atom is -0.371 e. The fraction of sp³-hybridized carbons (Fsp3) is 0.538. The molecule has 0 aliphatic carbocycles. The number of anilines is 1. The summed E-state index contributed by atoms with van der Waals surface area (Å²) in [6.45, 7) is 4.29. The average molecular weight is 239 g/mol. The number of hydrogen-bond donors (Lipinski definition) is 1. The minimum atomic E-state index is 0.0376. The van der Waals surface area contributed by atoms with Crippen molar-refractivity contribution >= 4 is 17.3 Å². The van der Waals surface area contributed by atoms with Crippen LogP contribution in [0.25, 0.3) is 0 Å². The Balaban J connectivity index is 2.31. The lowest BCUT2D eigenvalue weighted by Crippen LogP contribution is -2.30. The lowest BCUT2D eigenvalue weighted by Gasteiger charge is -2.31. The van der Waals surface area contributed by atoms with E-state index in [-0.39, 0.29) is 6.04 Å². The summed E-state index contributed by atoms with van der Waals surface area (Å²) >= 11 is 6.03. The second-order valence-electron chi connectivity index (χ2n) is 4.54. The number of benzene rings is 1. The van der Waals surface area contributed by atoms with E-state index in [1.165, 1.54) is 24.9 Å². The number of rotatable bonds is 2. The standard InChI is InChI=1S/C13H19ClN2/c1-10(15)12-9-11(14)5-6-13(12)16-7-3-2-4-8-16/h5-6,9-10H,2-4,7-8,15H2,1H3. The van der Waals surface area contributed by atoms with Crippen LogP contribution in [0.3, 0.4) is 0 Å². The zero-order chi connectivity index (χ0) is 11.5. The Labute approximate surface area is 102 Å². The second kappa shape index (κ2) is 5.07. The van der Waals surface area contributed by atoms with Crippen LogP contribution < -0.4 is 10.6 Å². The van der Waals surface area contributed by atoms with E-state index >= 15 is 0 Å². The van der Waals surface area contributed by atoms with Gasteiger partial charge in [0.15, 0.2) is 0 Å². The highest BCUT2D eigenvalue weighted by Crippen LogP contribution is 2.30. The van der Waals surface area contributed by atoms with Gasteiger partial charge in [0.05, 0.1) is 0 Å². The van der Waals surface area contributed by atoms with E-state index in [1.54, 1.807) is 0 Å². The molecule has 0 saturated carbocycles. The summed E-state index contributed by atoms with van der Waals surface area (Å²) < 4.78 is 0. The molecular weight excluding hydrogens is 220 g/mol. The van der Waals surface area contributed by atoms with Crippen LogP contribution >= 0.6 is 11.6 Å². The van der Waals surface area contributed by atoms with Gasteiger partial charge in [0, 0.05) is 29.8 Å². The van der Waals surface area contributed by atoms with E-state index in [2.05, 4.69) is 11.0 Å². The van der Waals surface area contributed by atoms with Gasteiger partial charge in [-0.25, -0.2) is 0 Å². The molecule has 0 spiro atoms. The van der Waals surface area contributed by atoms with E-state index < -0.39 is 0 Å². The molecule has 0 aromatic heterocycles. The lowest BCUT2D eigenvalue weighted by molar-refractivity contribution is 0.575. The van der Waals surface area contributed by atoms with Crippen molar-refractivity contribution in [2.24, 2.45) is 5.73 Å². The molecule has 1 heterocycles. The maximum Gasteiger partial charge on any atom is 0.0415 e. The third-order valence-electron chi connectivity index (χ3n) is 3.18. The predicted molar refractivity (Wildman–Crippen MR) is 70.1 cm³/mol. The Kier molecular flexibility index (Phi) is 3.72. The number of nitrogens with zero attached hydrogens (tertiary/aromatic N) is 1. The van der Waals surface area contributed by atoms with Crippen LogP contribution in [0.4, 0.5) is 5.69 Å². The molecule has 2 N–H and O–H groups in total. The molecule has 1 unspecified atom stereocenters. The predicted octanol–water partition coefficient (Wildman–Crippen LogP) is 3.35. The molecule has 0 amide bonds. The first-order valence-electron chi connectivity index (χ1n) is 5.98. The van der Waals surface area contributed by atoms with Crippen LogP contribution in [-0.2, 0) is 0 Å². The van der Waals surface area contributed by atoms with Crippen molar-refractivity contribution in [3.8, 4) is 0 Å². The Hall–Kier alpha value is -0.730. The molecule has 1 saturated heterocycles. The summed E-state index contributed by atoms with van der Waals surface area (Å²) in [5.41, 5.74) is 8.43. The molecule has 2 nitrogen and oxygen atoms in total. The Bertz CT molecular complexity index is 357. The van der Waals surface area contributed by atoms with Crippen LogP contribution in [0.2, 0.25) is 5.02 Å². The van der Waals surface area contributed by atoms with Gasteiger partial charge in [-0.2, -0.15) is 0 Å². The van der Waals surface area contributed by atoms with Crippen LogP contribution in [0.1, 0.15) is 37.8 Å². The van der Waals surface area contributed by atoms with E-state index in [9.17, 15) is 0 Å². The maximum absolute atomic E-state index is 6.03. The molecule has 1 fully saturated rings. The third kappa shape index (κ3) is 2.50. The molecule has 2 rings (SSSR count). The van der Waals surface area contributed by atoms with Crippen molar-refractivity contribution in [3.05, 3.63) is 28.8 Å². The summed E-state index contributed by atoms with van der Waals surface area (Å²) in [4.78, 5) is 2.43. The minimum absolute atomic E-state index is 0.0376. The van der Waals surface area contributed by atoms with Gasteiger partial charge >= 0.3 is 0 Å². The summed E-state index contributed by atoms with van der Waals surface area (Å²) in [7, 11) is 0. The highest BCUT2D eigenvalue weighted by atomic mass is 35.5. The van der Waals surface area contributed by atoms with Crippen molar-refractivity contribution in [2.45, 2.75) is 32.2 Å². The molecule has 16 heavy (non-hydrogen) atoms. The van der Waals surface area contributed by atoms with Gasteiger partial charge in [-0.3, -0.25) is 0 Å². The van der Waals surface area contributed by atoms with Gasteiger partial charge in [-0.1, -0.05) is 11.6 Å². The molecule has 3 heteroatoms. The smallest absolute Gasteiger partial charge is 0.0415 e. The molecule has 1 aromatic carbocycles. The van der Waals surface area contributed by atoms with Gasteiger partial charge in [0.25, 0.3) is 0 Å². The number of piperidine rings is 1. The first-order valence-corrected chi connectivity index (χ1v) is 6.36. The summed E-state index contributed by atoms with van der Waals surface area (Å²) in [6, 6.07) is 6.09. The first kappa shape index (κ1) is 11.7. The van der Waals surface area contributed by atoms with E-state index in [0.717, 1.165) is 23.7 Å². The van der Waals surface area contributed by atoms with Crippen molar-refractivity contribution in [3.63, 3.8) is 0 Å². The largest absolute Gasteiger partial charge is 0.371 e. The van der Waals surface area contributed by atoms with E-state index in [0.29, 0.717) is 0 Å². The second-order valence-corrected chi connectivity index (χ2v) is 4.98. The molecule has 88 valence electrons. The fourth-order valence-corrected chi connectivity index (χ4v) is 2.49. The molecular formula is C13H19ClN2. The van der Waals surface area contributed by atoms with E-state index in [1.807, 2.05) is 19.1 Å². The Morgan fingerprint density at radius 2 is 1.94 bits per heavy atom. The molecule has 1 atom stereocenters. The Morgan fingerprint density at radius 3 is 2.56 bits per heavy atom. The van der Waals surface area contributed by atoms with Gasteiger partial charge in [0.2, 0.25) is 0 Å². The van der Waals surface area contributed by atoms with Crippen LogP contribution in [0.15, 0.2) is 18.2 Å². The summed E-state index contributed by atoms with van der Waals surface area (Å²) in [6.07, 6.45) is 3.90. The van der Waals surface area contributed by atoms with Gasteiger partial charge in [-0.05, 0) is 49.9 Å². The average Bonchev–Trinajstić information content (AvgIpc) is 2.30. The highest BCUT2D eigenvalue weighted by molar-refractivity contribution is 6.30. The van der Waals surface area contributed by atoms with Crippen LogP contribution in [0, 0.1) is 0 Å². The SMILES string of the molecule is CC(N)c1cc(Cl)ccc1N1CCCCC1. The zero-order valence-electron chi connectivity index (χ0n) is 9.75. The quantitative estimate of drug-likeness (QED) is 0.856. The summed E-state index contributed by atoms with van der Waals surface area (Å²) in [5.74, 6) is 0. The normalized spacial score (nSPS) is 18.6. The molecule has 0 radical (unpaired) electrons. The maximum atomic E-state index is 6.03. The molecule has 0 bridgehead atoms. The third-order valence-corrected chi connectivity index (χ3v) is 3.41. The van der Waals surface area contributed by atoms with Crippen molar-refractivity contribution in [1.29, 1.82) is 0 Å². The monoisotopic (exact) mass is 238 g/mol. The number of nitrogens with two attached hydrogens (primary N) is 1. The first-order chi connectivity index (χ1) is 7.68. The topological polar surface area (TPSA) is 29.3 Å². The van der Waals surface area contributed by atoms with Gasteiger partial charge in [-0.15, -0.1) is 0 Å². The molecule has 1 aliphatic heterocycles. The summed E-state index contributed by atoms with van der Waals surface area (Å²) in [5, 5.41) is 0.771. The van der Waals surface area contributed by atoms with Crippen molar-refractivity contribution in [1.82, 2.24) is 0 Å². The van der Waals surface area contributed by atoms with Gasteiger partial charge in [0.1, 0.15) is 0 Å². The molecule has 1 aliphatic rings. The molecule has 1 aromatic rings. The Morgan fingerprint density at radius 1 is 1.25 bits per heavy atom.